The highest BCUT2D eigenvalue weighted by atomic mass is 19.4. The van der Waals surface area contributed by atoms with Crippen LogP contribution in [0.5, 0.6) is 0 Å². The number of benzene rings is 1. The molecule has 0 unspecified atom stereocenters. The first-order valence-corrected chi connectivity index (χ1v) is 9.00. The summed E-state index contributed by atoms with van der Waals surface area (Å²) >= 11 is 0. The average Bonchev–Trinajstić information content (AvgIpc) is 3.14. The highest BCUT2D eigenvalue weighted by molar-refractivity contribution is 5.96. The number of carbonyl (C=O) groups excluding carboxylic acids is 1. The van der Waals surface area contributed by atoms with Gasteiger partial charge in [0.25, 0.3) is 0 Å². The summed E-state index contributed by atoms with van der Waals surface area (Å²) in [6.07, 6.45) is 2.02. The molecule has 3 N–H and O–H groups in total. The van der Waals surface area contributed by atoms with Gasteiger partial charge in [0.1, 0.15) is 5.65 Å². The number of alkyl halides is 3. The molecule has 5 nitrogen and oxygen atoms in total. The molecule has 3 heterocycles. The fourth-order valence-corrected chi connectivity index (χ4v) is 3.23. The topological polar surface area (TPSA) is 84.7 Å². The summed E-state index contributed by atoms with van der Waals surface area (Å²) in [7, 11) is 0. The zero-order valence-corrected chi connectivity index (χ0v) is 15.7. The molecule has 156 valence electrons. The highest BCUT2D eigenvalue weighted by Crippen LogP contribution is 2.35. The Hall–Kier alpha value is -4.01. The fraction of sp³-hybridized carbons (Fsp3) is 0.0455. The Bertz CT molecular complexity index is 1320. The molecule has 0 fully saturated rings. The van der Waals surface area contributed by atoms with E-state index in [9.17, 15) is 22.4 Å². The number of pyridine rings is 2. The number of H-pyrrole nitrogens is 1. The molecule has 0 aliphatic carbocycles. The van der Waals surface area contributed by atoms with E-state index in [4.69, 9.17) is 5.73 Å². The molecule has 0 saturated carbocycles. The summed E-state index contributed by atoms with van der Waals surface area (Å²) in [6.45, 7) is 0. The number of hydrogen-bond acceptors (Lipinski definition) is 3. The third-order valence-electron chi connectivity index (χ3n) is 4.62. The Morgan fingerprint density at radius 2 is 1.84 bits per heavy atom. The molecule has 4 rings (SSSR count). The third-order valence-corrected chi connectivity index (χ3v) is 4.62. The molecular formula is C22H14F4N4O. The summed E-state index contributed by atoms with van der Waals surface area (Å²) in [5.74, 6) is -1.43. The predicted molar refractivity (Wildman–Crippen MR) is 108 cm³/mol. The maximum Gasteiger partial charge on any atom is 0.416 e. The van der Waals surface area contributed by atoms with Crippen molar-refractivity contribution in [2.75, 3.05) is 0 Å². The van der Waals surface area contributed by atoms with E-state index in [2.05, 4.69) is 15.0 Å². The minimum absolute atomic E-state index is 0.161. The molecular weight excluding hydrogens is 412 g/mol. The zero-order valence-electron chi connectivity index (χ0n) is 15.7. The summed E-state index contributed by atoms with van der Waals surface area (Å²) in [5, 5.41) is 0.606. The molecule has 0 saturated heterocycles. The first kappa shape index (κ1) is 20.3. The minimum Gasteiger partial charge on any atom is -0.366 e. The number of nitrogens with one attached hydrogen (secondary N) is 1. The second kappa shape index (κ2) is 7.67. The zero-order chi connectivity index (χ0) is 22.2. The van der Waals surface area contributed by atoms with Gasteiger partial charge in [-0.2, -0.15) is 17.6 Å². The molecule has 9 heteroatoms. The average molecular weight is 426 g/mol. The van der Waals surface area contributed by atoms with Gasteiger partial charge < -0.3 is 10.7 Å². The van der Waals surface area contributed by atoms with Gasteiger partial charge in [0, 0.05) is 47.2 Å². The standard InChI is InChI=1S/C22H14F4N4O/c23-19-9-13(3-4-28-19)18-11-30-21-17(18)8-15(10-29-21)14-5-12(1-2-20(27)31)6-16(7-14)22(24,25)26/h1-11H,(H2,27,31)(H,29,30). The number of rotatable bonds is 4. The fourth-order valence-electron chi connectivity index (χ4n) is 3.23. The lowest BCUT2D eigenvalue weighted by Gasteiger charge is -2.11. The number of halogens is 4. The number of aromatic amines is 1. The van der Waals surface area contributed by atoms with Crippen molar-refractivity contribution >= 4 is 23.0 Å². The molecule has 0 aliphatic heterocycles. The van der Waals surface area contributed by atoms with E-state index in [1.807, 2.05) is 0 Å². The van der Waals surface area contributed by atoms with E-state index >= 15 is 0 Å². The van der Waals surface area contributed by atoms with Crippen LogP contribution in [0.25, 0.3) is 39.4 Å². The number of amides is 1. The van der Waals surface area contributed by atoms with Gasteiger partial charge in [-0.05, 0) is 53.1 Å². The van der Waals surface area contributed by atoms with Crippen molar-refractivity contribution in [3.8, 4) is 22.3 Å². The Morgan fingerprint density at radius 1 is 1.03 bits per heavy atom. The van der Waals surface area contributed by atoms with Gasteiger partial charge in [0.2, 0.25) is 11.9 Å². The lowest BCUT2D eigenvalue weighted by molar-refractivity contribution is -0.137. The summed E-state index contributed by atoms with van der Waals surface area (Å²) < 4.78 is 53.8. The van der Waals surface area contributed by atoms with Crippen LogP contribution in [-0.4, -0.2) is 20.9 Å². The number of aromatic nitrogens is 3. The molecule has 4 aromatic rings. The van der Waals surface area contributed by atoms with Crippen molar-refractivity contribution in [3.63, 3.8) is 0 Å². The van der Waals surface area contributed by atoms with E-state index in [1.54, 1.807) is 18.3 Å². The SMILES string of the molecule is NC(=O)C=Cc1cc(-c2cnc3[nH]cc(-c4ccnc(F)c4)c3c2)cc(C(F)(F)F)c1. The molecule has 0 aliphatic rings. The molecule has 3 aromatic heterocycles. The first-order chi connectivity index (χ1) is 14.7. The van der Waals surface area contributed by atoms with Crippen LogP contribution < -0.4 is 5.73 Å². The second-order valence-electron chi connectivity index (χ2n) is 6.77. The lowest BCUT2D eigenvalue weighted by atomic mass is 9.98. The largest absolute Gasteiger partial charge is 0.416 e. The van der Waals surface area contributed by atoms with E-state index in [0.717, 1.165) is 18.2 Å². The van der Waals surface area contributed by atoms with Gasteiger partial charge >= 0.3 is 6.18 Å². The van der Waals surface area contributed by atoms with Crippen molar-refractivity contribution in [1.82, 2.24) is 15.0 Å². The summed E-state index contributed by atoms with van der Waals surface area (Å²) in [4.78, 5) is 21.8. The third kappa shape index (κ3) is 4.30. The summed E-state index contributed by atoms with van der Waals surface area (Å²) in [6, 6.07) is 7.97. The lowest BCUT2D eigenvalue weighted by Crippen LogP contribution is -2.06. The van der Waals surface area contributed by atoms with Crippen molar-refractivity contribution in [2.45, 2.75) is 6.18 Å². The molecule has 1 aromatic carbocycles. The minimum atomic E-state index is -4.59. The maximum atomic E-state index is 13.6. The number of fused-ring (bicyclic) bond motifs is 1. The van der Waals surface area contributed by atoms with Crippen molar-refractivity contribution in [1.29, 1.82) is 0 Å². The Kier molecular flexibility index (Phi) is 5.02. The van der Waals surface area contributed by atoms with Crippen LogP contribution in [0, 0.1) is 5.95 Å². The maximum absolute atomic E-state index is 13.6. The van der Waals surface area contributed by atoms with Gasteiger partial charge in [0.15, 0.2) is 0 Å². The van der Waals surface area contributed by atoms with Crippen LogP contribution in [-0.2, 0) is 11.0 Å². The van der Waals surface area contributed by atoms with Gasteiger partial charge in [-0.3, -0.25) is 4.79 Å². The van der Waals surface area contributed by atoms with Crippen LogP contribution in [0.4, 0.5) is 17.6 Å². The summed E-state index contributed by atoms with van der Waals surface area (Å²) in [5.41, 5.74) is 6.69. The van der Waals surface area contributed by atoms with Crippen LogP contribution in [0.3, 0.4) is 0 Å². The number of hydrogen-bond donors (Lipinski definition) is 2. The predicted octanol–water partition coefficient (Wildman–Crippen LogP) is 4.95. The Labute approximate surface area is 173 Å². The van der Waals surface area contributed by atoms with Crippen LogP contribution >= 0.6 is 0 Å². The Morgan fingerprint density at radius 3 is 2.55 bits per heavy atom. The van der Waals surface area contributed by atoms with Gasteiger partial charge in [-0.25, -0.2) is 9.97 Å². The smallest absolute Gasteiger partial charge is 0.366 e. The number of carbonyl (C=O) groups is 1. The quantitative estimate of drug-likeness (QED) is 0.275. The van der Waals surface area contributed by atoms with Crippen LogP contribution in [0.15, 0.2) is 61.1 Å². The van der Waals surface area contributed by atoms with Gasteiger partial charge in [-0.15, -0.1) is 0 Å². The molecule has 0 bridgehead atoms. The first-order valence-electron chi connectivity index (χ1n) is 9.00. The van der Waals surface area contributed by atoms with Gasteiger partial charge in [0.05, 0.1) is 5.56 Å². The highest BCUT2D eigenvalue weighted by Gasteiger charge is 2.31. The van der Waals surface area contributed by atoms with Crippen molar-refractivity contribution in [2.24, 2.45) is 5.73 Å². The molecule has 31 heavy (non-hydrogen) atoms. The molecule has 0 spiro atoms. The molecule has 0 radical (unpaired) electrons. The number of nitrogens with two attached hydrogens (primary N) is 1. The number of primary amides is 1. The van der Waals surface area contributed by atoms with Gasteiger partial charge in [-0.1, -0.05) is 0 Å². The Balaban J connectivity index is 1.87. The van der Waals surface area contributed by atoms with E-state index in [-0.39, 0.29) is 11.1 Å². The van der Waals surface area contributed by atoms with Crippen LogP contribution in [0.2, 0.25) is 0 Å². The van der Waals surface area contributed by atoms with Crippen molar-refractivity contribution in [3.05, 3.63) is 78.1 Å². The number of nitrogens with zero attached hydrogens (tertiary/aromatic N) is 2. The van der Waals surface area contributed by atoms with Crippen LogP contribution in [0.1, 0.15) is 11.1 Å². The van der Waals surface area contributed by atoms with Crippen molar-refractivity contribution < 1.29 is 22.4 Å². The monoisotopic (exact) mass is 426 g/mol. The molecule has 1 amide bonds. The van der Waals surface area contributed by atoms with E-state index < -0.39 is 23.6 Å². The van der Waals surface area contributed by atoms with E-state index in [1.165, 1.54) is 30.6 Å². The second-order valence-corrected chi connectivity index (χ2v) is 6.77. The van der Waals surface area contributed by atoms with E-state index in [0.29, 0.717) is 27.7 Å². The normalized spacial score (nSPS) is 12.0. The molecule has 0 atom stereocenters.